The number of nitrogens with one attached hydrogen (secondary N) is 1. The van der Waals surface area contributed by atoms with Gasteiger partial charge in [0.1, 0.15) is 12.6 Å². The van der Waals surface area contributed by atoms with Crippen LogP contribution in [-0.4, -0.2) is 44.3 Å². The Kier molecular flexibility index (Phi) is 10.3. The van der Waals surface area contributed by atoms with Gasteiger partial charge in [0, 0.05) is 13.1 Å². The van der Waals surface area contributed by atoms with Gasteiger partial charge in [0.05, 0.1) is 10.6 Å². The van der Waals surface area contributed by atoms with Crippen molar-refractivity contribution in [3.63, 3.8) is 0 Å². The van der Waals surface area contributed by atoms with Crippen molar-refractivity contribution >= 4 is 27.5 Å². The fraction of sp³-hybridized carbons (Fsp3) is 0.355. The first-order chi connectivity index (χ1) is 18.5. The second-order valence-electron chi connectivity index (χ2n) is 10.0. The molecule has 3 rings (SSSR count). The van der Waals surface area contributed by atoms with Gasteiger partial charge < -0.3 is 10.2 Å². The van der Waals surface area contributed by atoms with Crippen molar-refractivity contribution in [2.24, 2.45) is 0 Å². The van der Waals surface area contributed by atoms with Crippen LogP contribution in [0.1, 0.15) is 48.9 Å². The lowest BCUT2D eigenvalue weighted by Crippen LogP contribution is -2.51. The predicted molar refractivity (Wildman–Crippen MR) is 156 cm³/mol. The van der Waals surface area contributed by atoms with Gasteiger partial charge in [-0.1, -0.05) is 67.4 Å². The molecular weight excluding hydrogens is 510 g/mol. The van der Waals surface area contributed by atoms with Crippen LogP contribution in [0.25, 0.3) is 0 Å². The molecule has 0 aromatic heterocycles. The summed E-state index contributed by atoms with van der Waals surface area (Å²) in [6, 6.07) is 20.5. The van der Waals surface area contributed by atoms with Crippen molar-refractivity contribution in [3.05, 3.63) is 95.1 Å². The van der Waals surface area contributed by atoms with Crippen molar-refractivity contribution in [2.75, 3.05) is 17.4 Å². The third kappa shape index (κ3) is 7.93. The molecule has 3 aromatic carbocycles. The smallest absolute Gasteiger partial charge is 0.264 e. The summed E-state index contributed by atoms with van der Waals surface area (Å²) < 4.78 is 28.9. The summed E-state index contributed by atoms with van der Waals surface area (Å²) in [6.45, 7) is 9.71. The van der Waals surface area contributed by atoms with E-state index in [1.165, 1.54) is 17.0 Å². The van der Waals surface area contributed by atoms with Crippen LogP contribution in [-0.2, 0) is 26.2 Å². The number of anilines is 1. The molecule has 8 heteroatoms. The highest BCUT2D eigenvalue weighted by atomic mass is 32.2. The first kappa shape index (κ1) is 29.9. The second-order valence-corrected chi connectivity index (χ2v) is 11.9. The third-order valence-corrected chi connectivity index (χ3v) is 8.32. The summed E-state index contributed by atoms with van der Waals surface area (Å²) in [7, 11) is -4.07. The van der Waals surface area contributed by atoms with Gasteiger partial charge in [-0.05, 0) is 75.1 Å². The number of unbranched alkanes of at least 4 members (excludes halogenated alkanes) is 1. The van der Waals surface area contributed by atoms with Gasteiger partial charge in [-0.2, -0.15) is 0 Å². The summed E-state index contributed by atoms with van der Waals surface area (Å²) in [4.78, 5) is 28.6. The molecule has 2 amide bonds. The van der Waals surface area contributed by atoms with E-state index in [-0.39, 0.29) is 17.3 Å². The molecule has 0 saturated carbocycles. The van der Waals surface area contributed by atoms with Crippen molar-refractivity contribution in [3.8, 4) is 0 Å². The lowest BCUT2D eigenvalue weighted by molar-refractivity contribution is -0.139. The number of sulfonamides is 1. The van der Waals surface area contributed by atoms with Gasteiger partial charge in [-0.25, -0.2) is 8.42 Å². The van der Waals surface area contributed by atoms with E-state index in [4.69, 9.17) is 0 Å². The van der Waals surface area contributed by atoms with Crippen molar-refractivity contribution in [1.82, 2.24) is 10.2 Å². The van der Waals surface area contributed by atoms with Crippen LogP contribution < -0.4 is 9.62 Å². The Labute approximate surface area is 232 Å². The summed E-state index contributed by atoms with van der Waals surface area (Å²) in [6.07, 6.45) is 1.77. The summed E-state index contributed by atoms with van der Waals surface area (Å²) in [5.74, 6) is -0.735. The average Bonchev–Trinajstić information content (AvgIpc) is 2.89. The molecule has 0 aliphatic heterocycles. The Morgan fingerprint density at radius 1 is 0.872 bits per heavy atom. The second kappa shape index (κ2) is 13.4. The molecule has 1 N–H and O–H groups in total. The highest BCUT2D eigenvalue weighted by molar-refractivity contribution is 7.92. The van der Waals surface area contributed by atoms with Gasteiger partial charge in [0.2, 0.25) is 11.8 Å². The van der Waals surface area contributed by atoms with Crippen LogP contribution in [0.2, 0.25) is 0 Å². The van der Waals surface area contributed by atoms with Gasteiger partial charge in [0.25, 0.3) is 10.0 Å². The van der Waals surface area contributed by atoms with Gasteiger partial charge in [-0.3, -0.25) is 13.9 Å². The average molecular weight is 550 g/mol. The van der Waals surface area contributed by atoms with Crippen molar-refractivity contribution in [1.29, 1.82) is 0 Å². The van der Waals surface area contributed by atoms with Gasteiger partial charge >= 0.3 is 0 Å². The molecule has 1 atom stereocenters. The molecule has 0 bridgehead atoms. The molecule has 0 heterocycles. The van der Waals surface area contributed by atoms with Gasteiger partial charge in [0.15, 0.2) is 0 Å². The van der Waals surface area contributed by atoms with E-state index in [0.717, 1.165) is 39.4 Å². The van der Waals surface area contributed by atoms with E-state index < -0.39 is 28.5 Å². The van der Waals surface area contributed by atoms with E-state index >= 15 is 0 Å². The quantitative estimate of drug-likeness (QED) is 0.317. The lowest BCUT2D eigenvalue weighted by atomic mass is 10.1. The van der Waals surface area contributed by atoms with Crippen LogP contribution >= 0.6 is 0 Å². The maximum atomic E-state index is 14.0. The molecule has 0 radical (unpaired) electrons. The number of hydrogen-bond acceptors (Lipinski definition) is 4. The number of nitrogens with zero attached hydrogens (tertiary/aromatic N) is 2. The minimum Gasteiger partial charge on any atom is -0.354 e. The standard InChI is InChI=1S/C31H39N3O4S/c1-6-7-16-32-31(36)26(5)33(21-27-13-11-12-23(2)18-27)30(35)22-34(28-19-24(3)17-25(4)20-28)39(37,38)29-14-9-8-10-15-29/h8-15,17-20,26H,6-7,16,21-22H2,1-5H3,(H,32,36)/t26-/m1/s1. The number of carbonyl (C=O) groups is 2. The van der Waals surface area contributed by atoms with E-state index in [1.54, 1.807) is 37.3 Å². The number of amides is 2. The SMILES string of the molecule is CCCCNC(=O)[C@@H](C)N(Cc1cccc(C)c1)C(=O)CN(c1cc(C)cc(C)c1)S(=O)(=O)c1ccccc1. The molecule has 39 heavy (non-hydrogen) atoms. The van der Waals surface area contributed by atoms with E-state index in [1.807, 2.05) is 58.0 Å². The lowest BCUT2D eigenvalue weighted by Gasteiger charge is -2.32. The van der Waals surface area contributed by atoms with Crippen LogP contribution in [0.15, 0.2) is 77.7 Å². The molecule has 0 aliphatic carbocycles. The zero-order chi connectivity index (χ0) is 28.6. The number of benzene rings is 3. The maximum Gasteiger partial charge on any atom is 0.264 e. The zero-order valence-corrected chi connectivity index (χ0v) is 24.3. The number of hydrogen-bond donors (Lipinski definition) is 1. The zero-order valence-electron chi connectivity index (χ0n) is 23.5. The highest BCUT2D eigenvalue weighted by Crippen LogP contribution is 2.26. The largest absolute Gasteiger partial charge is 0.354 e. The minimum absolute atomic E-state index is 0.0903. The fourth-order valence-electron chi connectivity index (χ4n) is 4.47. The van der Waals surface area contributed by atoms with E-state index in [9.17, 15) is 18.0 Å². The van der Waals surface area contributed by atoms with Crippen molar-refractivity contribution in [2.45, 2.75) is 64.9 Å². The molecule has 208 valence electrons. The van der Waals surface area contributed by atoms with Crippen LogP contribution in [0.3, 0.4) is 0 Å². The Hall–Kier alpha value is -3.65. The van der Waals surface area contributed by atoms with E-state index in [2.05, 4.69) is 5.32 Å². The maximum absolute atomic E-state index is 14.0. The Morgan fingerprint density at radius 2 is 1.54 bits per heavy atom. The van der Waals surface area contributed by atoms with Crippen LogP contribution in [0.4, 0.5) is 5.69 Å². The molecule has 0 spiro atoms. The topological polar surface area (TPSA) is 86.8 Å². The number of carbonyl (C=O) groups excluding carboxylic acids is 2. The third-order valence-electron chi connectivity index (χ3n) is 6.54. The monoisotopic (exact) mass is 549 g/mol. The van der Waals surface area contributed by atoms with E-state index in [0.29, 0.717) is 12.2 Å². The first-order valence-corrected chi connectivity index (χ1v) is 14.8. The highest BCUT2D eigenvalue weighted by Gasteiger charge is 2.32. The Balaban J connectivity index is 2.02. The number of rotatable bonds is 12. The molecule has 0 saturated heterocycles. The van der Waals surface area contributed by atoms with Crippen LogP contribution in [0, 0.1) is 20.8 Å². The van der Waals surface area contributed by atoms with Crippen LogP contribution in [0.5, 0.6) is 0 Å². The Morgan fingerprint density at radius 3 is 2.15 bits per heavy atom. The summed E-state index contributed by atoms with van der Waals surface area (Å²) in [5, 5.41) is 2.91. The molecule has 0 unspecified atom stereocenters. The fourth-order valence-corrected chi connectivity index (χ4v) is 5.89. The summed E-state index contributed by atoms with van der Waals surface area (Å²) in [5.41, 5.74) is 4.06. The molecule has 0 fully saturated rings. The Bertz CT molecular complexity index is 1370. The molecular formula is C31H39N3O4S. The minimum atomic E-state index is -4.07. The molecule has 0 aliphatic rings. The van der Waals surface area contributed by atoms with Crippen molar-refractivity contribution < 1.29 is 18.0 Å². The first-order valence-electron chi connectivity index (χ1n) is 13.3. The van der Waals surface area contributed by atoms with Gasteiger partial charge in [-0.15, -0.1) is 0 Å². The predicted octanol–water partition coefficient (Wildman–Crippen LogP) is 5.14. The molecule has 3 aromatic rings. The summed E-state index contributed by atoms with van der Waals surface area (Å²) >= 11 is 0. The molecule has 7 nitrogen and oxygen atoms in total. The number of aryl methyl sites for hydroxylation is 3. The normalized spacial score (nSPS) is 12.0.